The molecule has 0 radical (unpaired) electrons. The molecule has 0 aromatic carbocycles. The van der Waals surface area contributed by atoms with Crippen LogP contribution in [0.1, 0.15) is 11.3 Å². The molecule has 1 atom stereocenters. The standard InChI is InChI=1S/C12H15N3O2S2/c1-6-3-9-10(13-7(6)2)14-12(17)15(11(9)16)4-8(19)5-18/h3,8,18-19H,4-5H2,1-2H3,(H,13,14,17). The maximum absolute atomic E-state index is 12.3. The molecule has 0 saturated heterocycles. The van der Waals surface area contributed by atoms with Crippen LogP contribution in [-0.2, 0) is 6.54 Å². The molecule has 7 heteroatoms. The Morgan fingerprint density at radius 2 is 2.11 bits per heavy atom. The summed E-state index contributed by atoms with van der Waals surface area (Å²) in [5, 5.41) is 0.265. The number of aromatic amines is 1. The first kappa shape index (κ1) is 14.2. The molecule has 2 rings (SSSR count). The highest BCUT2D eigenvalue weighted by molar-refractivity contribution is 7.84. The molecular weight excluding hydrogens is 282 g/mol. The third-order valence-corrected chi connectivity index (χ3v) is 4.09. The fourth-order valence-electron chi connectivity index (χ4n) is 1.80. The van der Waals surface area contributed by atoms with Gasteiger partial charge in [-0.25, -0.2) is 9.78 Å². The second-order valence-corrected chi connectivity index (χ2v) is 5.56. The lowest BCUT2D eigenvalue weighted by molar-refractivity contribution is 0.638. The third-order valence-electron chi connectivity index (χ3n) is 3.02. The van der Waals surface area contributed by atoms with Gasteiger partial charge in [0, 0.05) is 23.2 Å². The summed E-state index contributed by atoms with van der Waals surface area (Å²) >= 11 is 8.36. The molecule has 2 heterocycles. The highest BCUT2D eigenvalue weighted by atomic mass is 32.1. The van der Waals surface area contributed by atoms with Crippen LogP contribution in [0, 0.1) is 13.8 Å². The van der Waals surface area contributed by atoms with E-state index in [1.54, 1.807) is 6.07 Å². The molecule has 2 aromatic heterocycles. The molecule has 0 aliphatic carbocycles. The number of rotatable bonds is 3. The Morgan fingerprint density at radius 1 is 1.42 bits per heavy atom. The average molecular weight is 297 g/mol. The van der Waals surface area contributed by atoms with E-state index in [9.17, 15) is 9.59 Å². The van der Waals surface area contributed by atoms with Crippen LogP contribution in [-0.4, -0.2) is 25.5 Å². The van der Waals surface area contributed by atoms with Crippen molar-refractivity contribution in [3.8, 4) is 0 Å². The maximum Gasteiger partial charge on any atom is 0.330 e. The average Bonchev–Trinajstić information content (AvgIpc) is 2.37. The first-order chi connectivity index (χ1) is 8.93. The van der Waals surface area contributed by atoms with Gasteiger partial charge in [-0.2, -0.15) is 25.3 Å². The van der Waals surface area contributed by atoms with Gasteiger partial charge in [-0.3, -0.25) is 14.3 Å². The molecule has 0 amide bonds. The van der Waals surface area contributed by atoms with Crippen LogP contribution in [0.25, 0.3) is 11.0 Å². The Bertz CT molecular complexity index is 736. The predicted octanol–water partition coefficient (Wildman–Crippen LogP) is 0.930. The highest BCUT2D eigenvalue weighted by Crippen LogP contribution is 2.09. The van der Waals surface area contributed by atoms with Crippen molar-refractivity contribution in [2.75, 3.05) is 5.75 Å². The number of aryl methyl sites for hydroxylation is 2. The van der Waals surface area contributed by atoms with Gasteiger partial charge >= 0.3 is 5.69 Å². The van der Waals surface area contributed by atoms with Crippen molar-refractivity contribution in [1.82, 2.24) is 14.5 Å². The molecule has 0 aliphatic heterocycles. The lowest BCUT2D eigenvalue weighted by Crippen LogP contribution is -2.38. The predicted molar refractivity (Wildman–Crippen MR) is 82.7 cm³/mol. The van der Waals surface area contributed by atoms with Gasteiger partial charge in [-0.05, 0) is 25.5 Å². The Kier molecular flexibility index (Phi) is 4.05. The molecule has 0 spiro atoms. The lowest BCUT2D eigenvalue weighted by atomic mass is 10.2. The molecule has 102 valence electrons. The number of pyridine rings is 1. The number of thiol groups is 2. The summed E-state index contributed by atoms with van der Waals surface area (Å²) in [6, 6.07) is 1.75. The van der Waals surface area contributed by atoms with Gasteiger partial charge in [-0.1, -0.05) is 0 Å². The fourth-order valence-corrected chi connectivity index (χ4v) is 2.08. The molecular formula is C12H15N3O2S2. The first-order valence-electron chi connectivity index (χ1n) is 5.84. The molecule has 2 aromatic rings. The third kappa shape index (κ3) is 2.71. The number of hydrogen-bond acceptors (Lipinski definition) is 5. The van der Waals surface area contributed by atoms with E-state index in [-0.39, 0.29) is 17.4 Å². The van der Waals surface area contributed by atoms with Crippen LogP contribution in [0.5, 0.6) is 0 Å². The number of fused-ring (bicyclic) bond motifs is 1. The van der Waals surface area contributed by atoms with Crippen molar-refractivity contribution in [2.45, 2.75) is 25.6 Å². The molecule has 19 heavy (non-hydrogen) atoms. The van der Waals surface area contributed by atoms with Gasteiger partial charge in [-0.15, -0.1) is 0 Å². The van der Waals surface area contributed by atoms with E-state index < -0.39 is 5.69 Å². The van der Waals surface area contributed by atoms with E-state index in [1.165, 1.54) is 0 Å². The van der Waals surface area contributed by atoms with Crippen LogP contribution < -0.4 is 11.2 Å². The smallest absolute Gasteiger partial charge is 0.291 e. The normalized spacial score (nSPS) is 12.8. The zero-order chi connectivity index (χ0) is 14.2. The molecule has 0 aliphatic rings. The van der Waals surface area contributed by atoms with Gasteiger partial charge < -0.3 is 0 Å². The van der Waals surface area contributed by atoms with Crippen molar-refractivity contribution in [2.24, 2.45) is 0 Å². The molecule has 0 saturated carbocycles. The maximum atomic E-state index is 12.3. The van der Waals surface area contributed by atoms with Gasteiger partial charge in [0.25, 0.3) is 5.56 Å². The summed E-state index contributed by atoms with van der Waals surface area (Å²) in [4.78, 5) is 31.1. The molecule has 5 nitrogen and oxygen atoms in total. The van der Waals surface area contributed by atoms with Crippen molar-refractivity contribution < 1.29 is 0 Å². The quantitative estimate of drug-likeness (QED) is 0.738. The minimum atomic E-state index is -0.464. The number of nitrogens with one attached hydrogen (secondary N) is 1. The van der Waals surface area contributed by atoms with Crippen molar-refractivity contribution in [3.05, 3.63) is 38.2 Å². The van der Waals surface area contributed by atoms with E-state index in [4.69, 9.17) is 0 Å². The topological polar surface area (TPSA) is 67.8 Å². The first-order valence-corrected chi connectivity index (χ1v) is 6.99. The summed E-state index contributed by atoms with van der Waals surface area (Å²) in [5.74, 6) is 0.484. The number of aromatic nitrogens is 3. The van der Waals surface area contributed by atoms with E-state index >= 15 is 0 Å². The van der Waals surface area contributed by atoms with E-state index in [1.807, 2.05) is 13.8 Å². The van der Waals surface area contributed by atoms with Gasteiger partial charge in [0.1, 0.15) is 5.65 Å². The Balaban J connectivity index is 2.71. The SMILES string of the molecule is Cc1cc2c(=O)n(CC(S)CS)c(=O)[nH]c2nc1C. The fraction of sp³-hybridized carbons (Fsp3) is 0.417. The van der Waals surface area contributed by atoms with Crippen LogP contribution in [0.2, 0.25) is 0 Å². The summed E-state index contributed by atoms with van der Waals surface area (Å²) < 4.78 is 1.15. The minimum Gasteiger partial charge on any atom is -0.291 e. The molecule has 1 N–H and O–H groups in total. The molecule has 1 unspecified atom stereocenters. The molecule has 0 bridgehead atoms. The Morgan fingerprint density at radius 3 is 2.74 bits per heavy atom. The number of hydrogen-bond donors (Lipinski definition) is 3. The zero-order valence-corrected chi connectivity index (χ0v) is 12.5. The Hall–Kier alpha value is -1.21. The minimum absolute atomic E-state index is 0.154. The van der Waals surface area contributed by atoms with Crippen LogP contribution in [0.15, 0.2) is 15.7 Å². The summed E-state index contributed by atoms with van der Waals surface area (Å²) in [7, 11) is 0. The van der Waals surface area contributed by atoms with Crippen LogP contribution in [0.3, 0.4) is 0 Å². The van der Waals surface area contributed by atoms with E-state index in [0.29, 0.717) is 16.8 Å². The lowest BCUT2D eigenvalue weighted by Gasteiger charge is -2.10. The summed E-state index contributed by atoms with van der Waals surface area (Å²) in [6.07, 6.45) is 0. The van der Waals surface area contributed by atoms with Crippen LogP contribution >= 0.6 is 25.3 Å². The van der Waals surface area contributed by atoms with Crippen molar-refractivity contribution in [1.29, 1.82) is 0 Å². The largest absolute Gasteiger partial charge is 0.330 e. The monoisotopic (exact) mass is 297 g/mol. The highest BCUT2D eigenvalue weighted by Gasteiger charge is 2.12. The van der Waals surface area contributed by atoms with Crippen molar-refractivity contribution >= 4 is 36.3 Å². The zero-order valence-electron chi connectivity index (χ0n) is 10.7. The number of H-pyrrole nitrogens is 1. The second-order valence-electron chi connectivity index (χ2n) is 4.47. The second kappa shape index (κ2) is 5.42. The van der Waals surface area contributed by atoms with Crippen LogP contribution in [0.4, 0.5) is 0 Å². The van der Waals surface area contributed by atoms with E-state index in [0.717, 1.165) is 15.8 Å². The Labute approximate surface area is 120 Å². The number of nitrogens with zero attached hydrogens (tertiary/aromatic N) is 2. The summed E-state index contributed by atoms with van der Waals surface area (Å²) in [5.41, 5.74) is 1.24. The van der Waals surface area contributed by atoms with Gasteiger partial charge in [0.2, 0.25) is 0 Å². The van der Waals surface area contributed by atoms with Gasteiger partial charge in [0.05, 0.1) is 5.39 Å². The van der Waals surface area contributed by atoms with Gasteiger partial charge in [0.15, 0.2) is 0 Å². The summed E-state index contributed by atoms with van der Waals surface area (Å²) in [6.45, 7) is 3.94. The molecule has 0 fully saturated rings. The van der Waals surface area contributed by atoms with Crippen molar-refractivity contribution in [3.63, 3.8) is 0 Å². The van der Waals surface area contributed by atoms with E-state index in [2.05, 4.69) is 35.2 Å².